The number of nitrogens with zero attached hydrogens (tertiary/aromatic N) is 2. The summed E-state index contributed by atoms with van der Waals surface area (Å²) in [6.45, 7) is 13.1. The molecule has 4 nitrogen and oxygen atoms in total. The summed E-state index contributed by atoms with van der Waals surface area (Å²) in [6.07, 6.45) is 1.19. The molecule has 1 N–H and O–H groups in total. The Morgan fingerprint density at radius 2 is 2.00 bits per heavy atom. The van der Waals surface area contributed by atoms with Crippen molar-refractivity contribution in [2.75, 3.05) is 53.5 Å². The summed E-state index contributed by atoms with van der Waals surface area (Å²) in [5.41, 5.74) is 0. The van der Waals surface area contributed by atoms with Gasteiger partial charge in [0.15, 0.2) is 0 Å². The van der Waals surface area contributed by atoms with Crippen molar-refractivity contribution in [1.29, 1.82) is 0 Å². The Morgan fingerprint density at radius 1 is 1.26 bits per heavy atom. The van der Waals surface area contributed by atoms with Gasteiger partial charge in [0.25, 0.3) is 0 Å². The van der Waals surface area contributed by atoms with Crippen LogP contribution < -0.4 is 5.32 Å². The molecule has 0 radical (unpaired) electrons. The zero-order valence-corrected chi connectivity index (χ0v) is 13.5. The van der Waals surface area contributed by atoms with Crippen molar-refractivity contribution in [3.05, 3.63) is 0 Å². The molecule has 1 rings (SSSR count). The van der Waals surface area contributed by atoms with Gasteiger partial charge in [0, 0.05) is 31.1 Å². The smallest absolute Gasteiger partial charge is 0.0623 e. The quantitative estimate of drug-likeness (QED) is 0.683. The van der Waals surface area contributed by atoms with Crippen LogP contribution in [-0.2, 0) is 4.74 Å². The van der Waals surface area contributed by atoms with Crippen LogP contribution in [0.4, 0.5) is 0 Å². The molecule has 0 bridgehead atoms. The lowest BCUT2D eigenvalue weighted by atomic mass is 10.0. The second kappa shape index (κ2) is 8.90. The lowest BCUT2D eigenvalue weighted by Crippen LogP contribution is -2.47. The maximum atomic E-state index is 5.67. The first-order chi connectivity index (χ1) is 9.08. The third-order valence-corrected chi connectivity index (χ3v) is 3.98. The Labute approximate surface area is 119 Å². The summed E-state index contributed by atoms with van der Waals surface area (Å²) in [4.78, 5) is 4.85. The van der Waals surface area contributed by atoms with Crippen molar-refractivity contribution >= 4 is 0 Å². The van der Waals surface area contributed by atoms with E-state index >= 15 is 0 Å². The first kappa shape index (κ1) is 16.9. The first-order valence-electron chi connectivity index (χ1n) is 7.78. The zero-order valence-electron chi connectivity index (χ0n) is 13.5. The molecule has 0 saturated carbocycles. The van der Waals surface area contributed by atoms with Crippen molar-refractivity contribution < 1.29 is 4.74 Å². The molecule has 3 unspecified atom stereocenters. The third kappa shape index (κ3) is 5.78. The lowest BCUT2D eigenvalue weighted by Gasteiger charge is -2.33. The normalized spacial score (nSPS) is 25.4. The van der Waals surface area contributed by atoms with E-state index < -0.39 is 0 Å². The molecule has 0 aromatic rings. The van der Waals surface area contributed by atoms with Gasteiger partial charge in [-0.15, -0.1) is 0 Å². The average molecular weight is 271 g/mol. The van der Waals surface area contributed by atoms with Crippen molar-refractivity contribution in [2.24, 2.45) is 5.92 Å². The monoisotopic (exact) mass is 271 g/mol. The Balaban J connectivity index is 2.44. The van der Waals surface area contributed by atoms with Crippen LogP contribution in [0, 0.1) is 5.92 Å². The average Bonchev–Trinajstić information content (AvgIpc) is 2.79. The third-order valence-electron chi connectivity index (χ3n) is 3.98. The molecule has 114 valence electrons. The summed E-state index contributed by atoms with van der Waals surface area (Å²) >= 11 is 0. The molecule has 0 aromatic heterocycles. The Hall–Kier alpha value is -0.160. The van der Waals surface area contributed by atoms with Crippen molar-refractivity contribution in [3.8, 4) is 0 Å². The summed E-state index contributed by atoms with van der Waals surface area (Å²) in [5, 5.41) is 3.63. The van der Waals surface area contributed by atoms with Crippen LogP contribution in [0.1, 0.15) is 27.2 Å². The van der Waals surface area contributed by atoms with E-state index in [4.69, 9.17) is 4.74 Å². The van der Waals surface area contributed by atoms with E-state index in [1.807, 2.05) is 0 Å². The molecule has 4 heteroatoms. The highest BCUT2D eigenvalue weighted by Gasteiger charge is 2.30. The molecule has 1 heterocycles. The minimum Gasteiger partial charge on any atom is -0.379 e. The molecule has 3 atom stereocenters. The molecule has 0 spiro atoms. The van der Waals surface area contributed by atoms with Gasteiger partial charge in [-0.3, -0.25) is 4.90 Å². The Kier molecular flexibility index (Phi) is 7.91. The number of hydrogen-bond acceptors (Lipinski definition) is 4. The van der Waals surface area contributed by atoms with Gasteiger partial charge in [-0.05, 0) is 40.5 Å². The van der Waals surface area contributed by atoms with Crippen molar-refractivity contribution in [2.45, 2.75) is 39.3 Å². The fourth-order valence-corrected chi connectivity index (χ4v) is 2.90. The predicted octanol–water partition coefficient (Wildman–Crippen LogP) is 1.27. The van der Waals surface area contributed by atoms with Crippen LogP contribution in [0.5, 0.6) is 0 Å². The Morgan fingerprint density at radius 3 is 2.58 bits per heavy atom. The molecule has 0 amide bonds. The SMILES string of the molecule is CCCNC1COCC1CN(CC)C(C)CN(C)C. The Bertz CT molecular complexity index is 235. The van der Waals surface area contributed by atoms with E-state index in [2.05, 4.69) is 50.0 Å². The molecule has 1 fully saturated rings. The van der Waals surface area contributed by atoms with Crippen molar-refractivity contribution in [1.82, 2.24) is 15.1 Å². The van der Waals surface area contributed by atoms with Crippen LogP contribution >= 0.6 is 0 Å². The van der Waals surface area contributed by atoms with Gasteiger partial charge >= 0.3 is 0 Å². The van der Waals surface area contributed by atoms with E-state index in [1.165, 1.54) is 6.42 Å². The molecule has 1 aliphatic heterocycles. The molecule has 0 aromatic carbocycles. The van der Waals surface area contributed by atoms with Gasteiger partial charge in [-0.1, -0.05) is 13.8 Å². The van der Waals surface area contributed by atoms with Gasteiger partial charge in [0.1, 0.15) is 0 Å². The number of nitrogens with one attached hydrogen (secondary N) is 1. The molecule has 19 heavy (non-hydrogen) atoms. The summed E-state index contributed by atoms with van der Waals surface area (Å²) in [6, 6.07) is 1.15. The van der Waals surface area contributed by atoms with Crippen LogP contribution in [-0.4, -0.2) is 75.4 Å². The van der Waals surface area contributed by atoms with E-state index in [-0.39, 0.29) is 0 Å². The van der Waals surface area contributed by atoms with Crippen LogP contribution in [0.3, 0.4) is 0 Å². The molecule has 1 aliphatic rings. The highest BCUT2D eigenvalue weighted by molar-refractivity contribution is 4.85. The second-order valence-corrected chi connectivity index (χ2v) is 6.06. The number of rotatable bonds is 9. The maximum Gasteiger partial charge on any atom is 0.0623 e. The topological polar surface area (TPSA) is 27.7 Å². The lowest BCUT2D eigenvalue weighted by molar-refractivity contribution is 0.137. The zero-order chi connectivity index (χ0) is 14.3. The predicted molar refractivity (Wildman–Crippen MR) is 81.7 cm³/mol. The fourth-order valence-electron chi connectivity index (χ4n) is 2.90. The minimum atomic E-state index is 0.542. The van der Waals surface area contributed by atoms with Crippen LogP contribution in [0.25, 0.3) is 0 Å². The molecular weight excluding hydrogens is 238 g/mol. The van der Waals surface area contributed by atoms with Crippen LogP contribution in [0.2, 0.25) is 0 Å². The van der Waals surface area contributed by atoms with E-state index in [9.17, 15) is 0 Å². The second-order valence-electron chi connectivity index (χ2n) is 6.06. The van der Waals surface area contributed by atoms with E-state index in [1.54, 1.807) is 0 Å². The number of hydrogen-bond donors (Lipinski definition) is 1. The largest absolute Gasteiger partial charge is 0.379 e. The summed E-state index contributed by atoms with van der Waals surface area (Å²) in [7, 11) is 4.29. The first-order valence-corrected chi connectivity index (χ1v) is 7.78. The van der Waals surface area contributed by atoms with Gasteiger partial charge in [-0.25, -0.2) is 0 Å². The van der Waals surface area contributed by atoms with Gasteiger partial charge in [0.05, 0.1) is 13.2 Å². The standard InChI is InChI=1S/C15H33N3O/c1-6-8-16-15-12-19-11-14(15)10-18(7-2)13(3)9-17(4)5/h13-16H,6-12H2,1-5H3. The van der Waals surface area contributed by atoms with Crippen molar-refractivity contribution in [3.63, 3.8) is 0 Å². The number of likely N-dealkylation sites (N-methyl/N-ethyl adjacent to an activating group) is 2. The van der Waals surface area contributed by atoms with Gasteiger partial charge in [0.2, 0.25) is 0 Å². The van der Waals surface area contributed by atoms with Gasteiger partial charge < -0.3 is 15.0 Å². The summed E-state index contributed by atoms with van der Waals surface area (Å²) < 4.78 is 5.67. The van der Waals surface area contributed by atoms with E-state index in [0.717, 1.165) is 39.4 Å². The number of ether oxygens (including phenoxy) is 1. The van der Waals surface area contributed by atoms with E-state index in [0.29, 0.717) is 18.0 Å². The molecular formula is C15H33N3O. The fraction of sp³-hybridized carbons (Fsp3) is 1.00. The maximum absolute atomic E-state index is 5.67. The van der Waals surface area contributed by atoms with Gasteiger partial charge in [-0.2, -0.15) is 0 Å². The summed E-state index contributed by atoms with van der Waals surface area (Å²) in [5.74, 6) is 0.635. The van der Waals surface area contributed by atoms with Crippen LogP contribution in [0.15, 0.2) is 0 Å². The highest BCUT2D eigenvalue weighted by Crippen LogP contribution is 2.17. The molecule has 1 saturated heterocycles. The highest BCUT2D eigenvalue weighted by atomic mass is 16.5. The molecule has 0 aliphatic carbocycles. The minimum absolute atomic E-state index is 0.542.